The van der Waals surface area contributed by atoms with Crippen LogP contribution in [0.15, 0.2) is 18.2 Å². The Hall–Kier alpha value is -1.63. The van der Waals surface area contributed by atoms with E-state index in [1.165, 1.54) is 25.3 Å². The van der Waals surface area contributed by atoms with Crippen molar-refractivity contribution >= 4 is 23.4 Å². The van der Waals surface area contributed by atoms with Crippen molar-refractivity contribution in [1.29, 1.82) is 0 Å². The topological polar surface area (TPSA) is 47.6 Å². The lowest BCUT2D eigenvalue weighted by molar-refractivity contribution is -0.159. The van der Waals surface area contributed by atoms with Crippen LogP contribution in [0.25, 0.3) is 0 Å². The van der Waals surface area contributed by atoms with Gasteiger partial charge < -0.3 is 9.47 Å². The highest BCUT2D eigenvalue weighted by atomic mass is 35.5. The Balaban J connectivity index is 2.57. The van der Waals surface area contributed by atoms with Crippen LogP contribution in [0.2, 0.25) is 5.02 Å². The molecular weight excluding hydrogens is 275 g/mol. The molecule has 1 N–H and O–H groups in total. The number of rotatable bonds is 3. The summed E-state index contributed by atoms with van der Waals surface area (Å²) >= 11 is 5.77. The van der Waals surface area contributed by atoms with Crippen molar-refractivity contribution in [3.8, 4) is 5.75 Å². The van der Waals surface area contributed by atoms with Crippen LogP contribution in [0.4, 0.5) is 23.7 Å². The van der Waals surface area contributed by atoms with E-state index in [1.54, 1.807) is 0 Å². The van der Waals surface area contributed by atoms with E-state index in [-0.39, 0.29) is 10.7 Å². The fourth-order valence-corrected chi connectivity index (χ4v) is 1.30. The van der Waals surface area contributed by atoms with E-state index in [0.29, 0.717) is 5.75 Å². The molecule has 0 aromatic heterocycles. The van der Waals surface area contributed by atoms with Crippen molar-refractivity contribution in [1.82, 2.24) is 0 Å². The van der Waals surface area contributed by atoms with Crippen LogP contribution < -0.4 is 10.1 Å². The van der Waals surface area contributed by atoms with E-state index in [0.717, 1.165) is 0 Å². The number of nitrogens with one attached hydrogen (secondary N) is 1. The molecule has 0 bridgehead atoms. The Labute approximate surface area is 106 Å². The van der Waals surface area contributed by atoms with Gasteiger partial charge in [0.1, 0.15) is 5.75 Å². The van der Waals surface area contributed by atoms with E-state index in [9.17, 15) is 18.0 Å². The Bertz CT molecular complexity index is 437. The van der Waals surface area contributed by atoms with Crippen LogP contribution in [0.3, 0.4) is 0 Å². The highest BCUT2D eigenvalue weighted by Gasteiger charge is 2.29. The summed E-state index contributed by atoms with van der Waals surface area (Å²) in [6, 6.07) is 4.20. The van der Waals surface area contributed by atoms with Crippen molar-refractivity contribution in [3.05, 3.63) is 23.2 Å². The second-order valence-electron chi connectivity index (χ2n) is 3.17. The molecule has 1 aromatic carbocycles. The van der Waals surface area contributed by atoms with Gasteiger partial charge in [-0.3, -0.25) is 5.32 Å². The van der Waals surface area contributed by atoms with Gasteiger partial charge in [0.15, 0.2) is 6.61 Å². The van der Waals surface area contributed by atoms with Crippen molar-refractivity contribution in [3.63, 3.8) is 0 Å². The van der Waals surface area contributed by atoms with Gasteiger partial charge in [-0.25, -0.2) is 4.79 Å². The number of hydrogen-bond acceptors (Lipinski definition) is 3. The second kappa shape index (κ2) is 5.81. The maximum atomic E-state index is 11.8. The highest BCUT2D eigenvalue weighted by Crippen LogP contribution is 2.27. The van der Waals surface area contributed by atoms with E-state index in [2.05, 4.69) is 10.1 Å². The summed E-state index contributed by atoms with van der Waals surface area (Å²) in [6.45, 7) is -1.65. The molecule has 0 fully saturated rings. The number of benzene rings is 1. The van der Waals surface area contributed by atoms with Crippen molar-refractivity contribution < 1.29 is 27.4 Å². The smallest absolute Gasteiger partial charge is 0.422 e. The van der Waals surface area contributed by atoms with Gasteiger partial charge in [-0.1, -0.05) is 11.6 Å². The molecule has 0 unspecified atom stereocenters. The molecule has 0 heterocycles. The Morgan fingerprint density at radius 2 is 2.11 bits per heavy atom. The lowest BCUT2D eigenvalue weighted by Gasteiger charge is -2.10. The summed E-state index contributed by atoms with van der Waals surface area (Å²) in [6.07, 6.45) is -5.77. The molecule has 0 aliphatic carbocycles. The van der Waals surface area contributed by atoms with Crippen LogP contribution in [-0.2, 0) is 4.74 Å². The Morgan fingerprint density at radius 3 is 2.61 bits per heavy atom. The van der Waals surface area contributed by atoms with Crippen molar-refractivity contribution in [2.75, 3.05) is 19.0 Å². The average molecular weight is 284 g/mol. The molecule has 0 atom stereocenters. The van der Waals surface area contributed by atoms with E-state index >= 15 is 0 Å². The van der Waals surface area contributed by atoms with Gasteiger partial charge >= 0.3 is 12.3 Å². The number of ether oxygens (including phenoxy) is 2. The number of halogens is 4. The zero-order valence-corrected chi connectivity index (χ0v) is 9.93. The van der Waals surface area contributed by atoms with Gasteiger partial charge in [-0.05, 0) is 18.2 Å². The van der Waals surface area contributed by atoms with Gasteiger partial charge in [0, 0.05) is 5.69 Å². The number of anilines is 1. The number of carbonyl (C=O) groups is 1. The molecule has 1 amide bonds. The van der Waals surface area contributed by atoms with Gasteiger partial charge in [0.2, 0.25) is 0 Å². The van der Waals surface area contributed by atoms with Gasteiger partial charge in [0.25, 0.3) is 0 Å². The van der Waals surface area contributed by atoms with Crippen LogP contribution in [0, 0.1) is 0 Å². The van der Waals surface area contributed by atoms with Crippen LogP contribution in [0.1, 0.15) is 0 Å². The SMILES string of the molecule is COc1ccc(NC(=O)OCC(F)(F)F)cc1Cl. The Morgan fingerprint density at radius 1 is 1.44 bits per heavy atom. The average Bonchev–Trinajstić information content (AvgIpc) is 2.26. The van der Waals surface area contributed by atoms with Gasteiger partial charge in [0.05, 0.1) is 12.1 Å². The largest absolute Gasteiger partial charge is 0.495 e. The quantitative estimate of drug-likeness (QED) is 0.924. The fourth-order valence-electron chi connectivity index (χ4n) is 1.05. The maximum absolute atomic E-state index is 11.8. The molecule has 0 saturated heterocycles. The number of carbonyl (C=O) groups excluding carboxylic acids is 1. The first-order chi connectivity index (χ1) is 8.31. The fraction of sp³-hybridized carbons (Fsp3) is 0.300. The predicted molar refractivity (Wildman–Crippen MR) is 59.0 cm³/mol. The lowest BCUT2D eigenvalue weighted by Crippen LogP contribution is -2.23. The first-order valence-electron chi connectivity index (χ1n) is 4.66. The van der Waals surface area contributed by atoms with Gasteiger partial charge in [-0.2, -0.15) is 13.2 Å². The third-order valence-corrected chi connectivity index (χ3v) is 2.06. The molecule has 0 aliphatic heterocycles. The molecule has 1 rings (SSSR count). The molecule has 0 aliphatic rings. The molecule has 0 saturated carbocycles. The molecule has 0 spiro atoms. The zero-order chi connectivity index (χ0) is 13.8. The number of hydrogen-bond donors (Lipinski definition) is 1. The van der Waals surface area contributed by atoms with E-state index in [4.69, 9.17) is 16.3 Å². The van der Waals surface area contributed by atoms with Crippen LogP contribution in [0.5, 0.6) is 5.75 Å². The molecule has 18 heavy (non-hydrogen) atoms. The first kappa shape index (κ1) is 14.4. The third-order valence-electron chi connectivity index (χ3n) is 1.77. The minimum absolute atomic E-state index is 0.202. The number of amides is 1. The standard InChI is InChI=1S/C10H9ClF3NO3/c1-17-8-3-2-6(4-7(8)11)15-9(16)18-5-10(12,13)14/h2-4H,5H2,1H3,(H,15,16). The van der Waals surface area contributed by atoms with Gasteiger partial charge in [-0.15, -0.1) is 0 Å². The summed E-state index contributed by atoms with van der Waals surface area (Å²) in [5.41, 5.74) is 0.202. The van der Waals surface area contributed by atoms with E-state index < -0.39 is 18.9 Å². The van der Waals surface area contributed by atoms with E-state index in [1.807, 2.05) is 0 Å². The zero-order valence-electron chi connectivity index (χ0n) is 9.18. The van der Waals surface area contributed by atoms with Crippen molar-refractivity contribution in [2.24, 2.45) is 0 Å². The molecule has 0 radical (unpaired) electrons. The van der Waals surface area contributed by atoms with Crippen LogP contribution >= 0.6 is 11.6 Å². The van der Waals surface area contributed by atoms with Crippen molar-refractivity contribution in [2.45, 2.75) is 6.18 Å². The molecule has 8 heteroatoms. The summed E-state index contributed by atoms with van der Waals surface area (Å²) in [7, 11) is 1.41. The normalized spacial score (nSPS) is 10.9. The molecule has 100 valence electrons. The highest BCUT2D eigenvalue weighted by molar-refractivity contribution is 6.32. The van der Waals surface area contributed by atoms with Crippen LogP contribution in [-0.4, -0.2) is 26.0 Å². The summed E-state index contributed by atoms with van der Waals surface area (Å²) in [5, 5.41) is 2.32. The molecule has 1 aromatic rings. The third kappa shape index (κ3) is 4.70. The monoisotopic (exact) mass is 283 g/mol. The predicted octanol–water partition coefficient (Wildman–Crippen LogP) is 3.46. The number of alkyl halides is 3. The summed E-state index contributed by atoms with van der Waals surface area (Å²) < 4.78 is 44.2. The lowest BCUT2D eigenvalue weighted by atomic mass is 10.3. The molecular formula is C10H9ClF3NO3. The number of methoxy groups -OCH3 is 1. The first-order valence-corrected chi connectivity index (χ1v) is 5.03. The summed E-state index contributed by atoms with van der Waals surface area (Å²) in [5.74, 6) is 0.380. The molecule has 4 nitrogen and oxygen atoms in total. The second-order valence-corrected chi connectivity index (χ2v) is 3.57. The summed E-state index contributed by atoms with van der Waals surface area (Å²) in [4.78, 5) is 11.0. The minimum Gasteiger partial charge on any atom is -0.495 e. The Kier molecular flexibility index (Phi) is 4.66. The minimum atomic E-state index is -4.56. The maximum Gasteiger partial charge on any atom is 0.422 e.